The fourth-order valence-electron chi connectivity index (χ4n) is 3.87. The van der Waals surface area contributed by atoms with Crippen LogP contribution < -0.4 is 9.47 Å². The molecule has 3 aromatic rings. The smallest absolute Gasteiger partial charge is 0.245 e. The number of sulfonamides is 1. The zero-order chi connectivity index (χ0) is 21.8. The molecule has 1 saturated heterocycles. The summed E-state index contributed by atoms with van der Waals surface area (Å²) < 4.78 is 44.5. The van der Waals surface area contributed by atoms with Gasteiger partial charge >= 0.3 is 0 Å². The van der Waals surface area contributed by atoms with Crippen LogP contribution in [-0.4, -0.2) is 43.6 Å². The molecule has 0 aliphatic carbocycles. The minimum atomic E-state index is -3.71. The minimum Gasteiger partial charge on any atom is -0.493 e. The summed E-state index contributed by atoms with van der Waals surface area (Å²) in [5.41, 5.74) is 1.37. The van der Waals surface area contributed by atoms with Crippen LogP contribution in [0.5, 0.6) is 11.5 Å². The van der Waals surface area contributed by atoms with E-state index in [9.17, 15) is 8.42 Å². The van der Waals surface area contributed by atoms with Gasteiger partial charge in [-0.3, -0.25) is 4.98 Å². The van der Waals surface area contributed by atoms with Gasteiger partial charge in [0.25, 0.3) is 0 Å². The van der Waals surface area contributed by atoms with E-state index in [1.54, 1.807) is 44.7 Å². The maximum atomic E-state index is 13.4. The molecule has 2 aromatic heterocycles. The Hall–Kier alpha value is -2.91. The topological polar surface area (TPSA) is 94.8 Å². The number of methoxy groups -OCH3 is 2. The Kier molecular flexibility index (Phi) is 6.24. The Bertz CT molecular complexity index is 1130. The standard InChI is InChI=1S/C22H25N3O5S/c1-28-20-10-9-16(13-22(20)29-2)21-14-18(24-30-21)19-8-4-3-5-12-25(19)31(26,27)17-7-6-11-23-15-17/h6-7,9-11,13-15,19H,3-5,8,12H2,1-2H3/t19-/m0/s1. The van der Waals surface area contributed by atoms with Crippen LogP contribution in [0, 0.1) is 0 Å². The summed E-state index contributed by atoms with van der Waals surface area (Å²) in [6, 6.07) is 10.1. The summed E-state index contributed by atoms with van der Waals surface area (Å²) in [5.74, 6) is 1.73. The van der Waals surface area contributed by atoms with Gasteiger partial charge in [-0.2, -0.15) is 4.31 Å². The number of pyridine rings is 1. The van der Waals surface area contributed by atoms with Gasteiger partial charge in [0, 0.05) is 30.6 Å². The van der Waals surface area contributed by atoms with Gasteiger partial charge in [0.15, 0.2) is 17.3 Å². The van der Waals surface area contributed by atoms with Crippen LogP contribution in [0.3, 0.4) is 0 Å². The van der Waals surface area contributed by atoms with E-state index >= 15 is 0 Å². The molecule has 1 aromatic carbocycles. The summed E-state index contributed by atoms with van der Waals surface area (Å²) in [6.07, 6.45) is 6.31. The minimum absolute atomic E-state index is 0.186. The number of ether oxygens (including phenoxy) is 2. The van der Waals surface area contributed by atoms with Crippen molar-refractivity contribution in [3.05, 3.63) is 54.5 Å². The highest BCUT2D eigenvalue weighted by Gasteiger charge is 2.35. The van der Waals surface area contributed by atoms with E-state index < -0.39 is 16.1 Å². The molecule has 1 atom stereocenters. The van der Waals surface area contributed by atoms with Gasteiger partial charge in [0.05, 0.1) is 20.3 Å². The number of benzene rings is 1. The molecule has 164 valence electrons. The normalized spacial score (nSPS) is 17.8. The molecule has 0 N–H and O–H groups in total. The average molecular weight is 444 g/mol. The lowest BCUT2D eigenvalue weighted by molar-refractivity contribution is 0.308. The summed E-state index contributed by atoms with van der Waals surface area (Å²) in [4.78, 5) is 4.16. The van der Waals surface area contributed by atoms with Crippen LogP contribution >= 0.6 is 0 Å². The molecule has 8 nitrogen and oxygen atoms in total. The molecule has 3 heterocycles. The first-order chi connectivity index (χ1) is 15.0. The summed E-state index contributed by atoms with van der Waals surface area (Å²) in [6.45, 7) is 0.431. The van der Waals surface area contributed by atoms with Crippen molar-refractivity contribution in [2.45, 2.75) is 36.6 Å². The lowest BCUT2D eigenvalue weighted by atomic mass is 10.1. The molecule has 9 heteroatoms. The Morgan fingerprint density at radius 3 is 2.65 bits per heavy atom. The van der Waals surface area contributed by atoms with Gasteiger partial charge in [-0.15, -0.1) is 0 Å². The van der Waals surface area contributed by atoms with Crippen molar-refractivity contribution in [2.75, 3.05) is 20.8 Å². The van der Waals surface area contributed by atoms with E-state index in [1.165, 1.54) is 10.5 Å². The van der Waals surface area contributed by atoms with E-state index in [0.717, 1.165) is 24.8 Å². The van der Waals surface area contributed by atoms with Crippen molar-refractivity contribution in [2.24, 2.45) is 0 Å². The summed E-state index contributed by atoms with van der Waals surface area (Å²) in [5, 5.41) is 4.24. The zero-order valence-electron chi connectivity index (χ0n) is 17.5. The number of hydrogen-bond donors (Lipinski definition) is 0. The molecule has 0 unspecified atom stereocenters. The lowest BCUT2D eigenvalue weighted by Gasteiger charge is -2.27. The van der Waals surface area contributed by atoms with Gasteiger partial charge in [-0.05, 0) is 43.2 Å². The van der Waals surface area contributed by atoms with Crippen molar-refractivity contribution in [3.63, 3.8) is 0 Å². The molecule has 0 amide bonds. The number of aromatic nitrogens is 2. The fraction of sp³-hybridized carbons (Fsp3) is 0.364. The van der Waals surface area contributed by atoms with Crippen LogP contribution in [-0.2, 0) is 10.0 Å². The molecule has 0 saturated carbocycles. The highest BCUT2D eigenvalue weighted by Crippen LogP contribution is 2.37. The molecule has 1 fully saturated rings. The number of rotatable bonds is 6. The van der Waals surface area contributed by atoms with Crippen LogP contribution in [0.15, 0.2) is 58.2 Å². The first kappa shape index (κ1) is 21.3. The highest BCUT2D eigenvalue weighted by atomic mass is 32.2. The molecule has 0 bridgehead atoms. The van der Waals surface area contributed by atoms with E-state index in [1.807, 2.05) is 12.1 Å². The van der Waals surface area contributed by atoms with Crippen molar-refractivity contribution in [3.8, 4) is 22.8 Å². The summed E-state index contributed by atoms with van der Waals surface area (Å²) in [7, 11) is -0.559. The number of nitrogens with zero attached hydrogens (tertiary/aromatic N) is 3. The van der Waals surface area contributed by atoms with Gasteiger partial charge in [-0.25, -0.2) is 8.42 Å². The molecule has 0 radical (unpaired) electrons. The predicted octanol–water partition coefficient (Wildman–Crippen LogP) is 4.06. The Labute approximate surface area is 181 Å². The van der Waals surface area contributed by atoms with Crippen LogP contribution in [0.2, 0.25) is 0 Å². The first-order valence-electron chi connectivity index (χ1n) is 10.2. The number of hydrogen-bond acceptors (Lipinski definition) is 7. The van der Waals surface area contributed by atoms with E-state index in [4.69, 9.17) is 14.0 Å². The third-order valence-corrected chi connectivity index (χ3v) is 7.37. The quantitative estimate of drug-likeness (QED) is 0.567. The van der Waals surface area contributed by atoms with Crippen molar-refractivity contribution < 1.29 is 22.4 Å². The second kappa shape index (κ2) is 9.07. The highest BCUT2D eigenvalue weighted by molar-refractivity contribution is 7.89. The lowest BCUT2D eigenvalue weighted by Crippen LogP contribution is -2.35. The second-order valence-corrected chi connectivity index (χ2v) is 9.25. The van der Waals surface area contributed by atoms with Gasteiger partial charge in [-0.1, -0.05) is 18.0 Å². The SMILES string of the molecule is COc1ccc(-c2cc([C@@H]3CCCCCN3S(=O)(=O)c3cccnc3)no2)cc1OC. The van der Waals surface area contributed by atoms with Gasteiger partial charge in [0.1, 0.15) is 10.6 Å². The van der Waals surface area contributed by atoms with Crippen molar-refractivity contribution >= 4 is 10.0 Å². The maximum Gasteiger partial charge on any atom is 0.245 e. The largest absolute Gasteiger partial charge is 0.493 e. The van der Waals surface area contributed by atoms with Crippen LogP contribution in [0.4, 0.5) is 0 Å². The van der Waals surface area contributed by atoms with Crippen molar-refractivity contribution in [1.82, 2.24) is 14.4 Å². The average Bonchev–Trinajstić information content (AvgIpc) is 3.16. The molecular formula is C22H25N3O5S. The zero-order valence-corrected chi connectivity index (χ0v) is 18.3. The molecule has 1 aliphatic heterocycles. The molecule has 4 rings (SSSR count). The molecule has 31 heavy (non-hydrogen) atoms. The maximum absolute atomic E-state index is 13.4. The monoisotopic (exact) mass is 443 g/mol. The molecular weight excluding hydrogens is 418 g/mol. The third-order valence-electron chi connectivity index (χ3n) is 5.48. The van der Waals surface area contributed by atoms with E-state index in [-0.39, 0.29) is 4.90 Å². The van der Waals surface area contributed by atoms with Crippen LogP contribution in [0.25, 0.3) is 11.3 Å². The molecule has 0 spiro atoms. The van der Waals surface area contributed by atoms with Gasteiger partial charge < -0.3 is 14.0 Å². The van der Waals surface area contributed by atoms with Gasteiger partial charge in [0.2, 0.25) is 10.0 Å². The summed E-state index contributed by atoms with van der Waals surface area (Å²) >= 11 is 0. The predicted molar refractivity (Wildman–Crippen MR) is 114 cm³/mol. The molecule has 1 aliphatic rings. The fourth-order valence-corrected chi connectivity index (χ4v) is 5.50. The van der Waals surface area contributed by atoms with E-state index in [0.29, 0.717) is 35.9 Å². The Morgan fingerprint density at radius 1 is 1.06 bits per heavy atom. The second-order valence-electron chi connectivity index (χ2n) is 7.36. The first-order valence-corrected chi connectivity index (χ1v) is 11.6. The van der Waals surface area contributed by atoms with Crippen LogP contribution in [0.1, 0.15) is 37.4 Å². The van der Waals surface area contributed by atoms with E-state index in [2.05, 4.69) is 10.1 Å². The Morgan fingerprint density at radius 2 is 1.90 bits per heavy atom. The van der Waals surface area contributed by atoms with Crippen molar-refractivity contribution in [1.29, 1.82) is 0 Å². The Balaban J connectivity index is 1.68. The third kappa shape index (κ3) is 4.28.